The van der Waals surface area contributed by atoms with Gasteiger partial charge in [-0.1, -0.05) is 12.2 Å². The van der Waals surface area contributed by atoms with Gasteiger partial charge in [0.1, 0.15) is 6.67 Å². The minimum Gasteiger partial charge on any atom is -0.393 e. The van der Waals surface area contributed by atoms with Crippen molar-refractivity contribution in [2.45, 2.75) is 19.4 Å². The van der Waals surface area contributed by atoms with E-state index < -0.39 is 0 Å². The lowest BCUT2D eigenvalue weighted by atomic mass is 10.2. The topological polar surface area (TPSA) is 35.8 Å². The first kappa shape index (κ1) is 9.99. The molecule has 0 aromatic rings. The molecule has 1 N–H and O–H groups in total. The Hall–Kier alpha value is -1.09. The second kappa shape index (κ2) is 4.82. The van der Waals surface area contributed by atoms with Gasteiger partial charge in [0.15, 0.2) is 0 Å². The monoisotopic (exact) mass is 180 g/mol. The molecule has 3 heteroatoms. The predicted octanol–water partition coefficient (Wildman–Crippen LogP) is 1.17. The Morgan fingerprint density at radius 1 is 1.77 bits per heavy atom. The van der Waals surface area contributed by atoms with Crippen LogP contribution in [0.2, 0.25) is 0 Å². The lowest BCUT2D eigenvalue weighted by molar-refractivity contribution is 0.198. The maximum atomic E-state index is 9.02. The van der Waals surface area contributed by atoms with E-state index in [0.717, 1.165) is 12.2 Å². The summed E-state index contributed by atoms with van der Waals surface area (Å²) in [5, 5.41) is 9.02. The molecule has 13 heavy (non-hydrogen) atoms. The van der Waals surface area contributed by atoms with Crippen molar-refractivity contribution in [1.82, 2.24) is 4.90 Å². The molecule has 0 radical (unpaired) electrons. The zero-order chi connectivity index (χ0) is 9.68. The second-order valence-corrected chi connectivity index (χ2v) is 3.33. The standard InChI is InChI=1S/C10H16N2O/c1-9(13)4-3-5-10-6-11-8-12(2)7-10/h3,5-7,9,13H,4,8H2,1-2H3/b5-3+. The Morgan fingerprint density at radius 3 is 3.15 bits per heavy atom. The van der Waals surface area contributed by atoms with E-state index in [1.54, 1.807) is 6.92 Å². The van der Waals surface area contributed by atoms with Gasteiger partial charge >= 0.3 is 0 Å². The van der Waals surface area contributed by atoms with Crippen molar-refractivity contribution in [3.8, 4) is 0 Å². The fourth-order valence-corrected chi connectivity index (χ4v) is 1.09. The highest BCUT2D eigenvalue weighted by Gasteiger charge is 1.97. The van der Waals surface area contributed by atoms with Crippen LogP contribution in [0.25, 0.3) is 0 Å². The number of allylic oxidation sites excluding steroid dienone is 2. The summed E-state index contributed by atoms with van der Waals surface area (Å²) in [5.74, 6) is 0. The lowest BCUT2D eigenvalue weighted by Crippen LogP contribution is -2.15. The fraction of sp³-hybridized carbons (Fsp3) is 0.500. The smallest absolute Gasteiger partial charge is 0.109 e. The highest BCUT2D eigenvalue weighted by Crippen LogP contribution is 2.03. The SMILES string of the molecule is CC(O)C/C=C/C1=CN(C)CN=C1. The van der Waals surface area contributed by atoms with Crippen molar-refractivity contribution in [2.24, 2.45) is 4.99 Å². The van der Waals surface area contributed by atoms with E-state index in [-0.39, 0.29) is 6.10 Å². The summed E-state index contributed by atoms with van der Waals surface area (Å²) in [7, 11) is 1.99. The van der Waals surface area contributed by atoms with E-state index in [0.29, 0.717) is 6.42 Å². The molecule has 1 aliphatic heterocycles. The third kappa shape index (κ3) is 3.90. The number of rotatable bonds is 3. The van der Waals surface area contributed by atoms with Crippen LogP contribution in [0.3, 0.4) is 0 Å². The van der Waals surface area contributed by atoms with E-state index in [1.165, 1.54) is 0 Å². The van der Waals surface area contributed by atoms with Gasteiger partial charge in [-0.15, -0.1) is 0 Å². The molecule has 3 nitrogen and oxygen atoms in total. The van der Waals surface area contributed by atoms with Crippen molar-refractivity contribution >= 4 is 6.21 Å². The Bertz CT molecular complexity index is 241. The maximum absolute atomic E-state index is 9.02. The molecule has 0 fully saturated rings. The van der Waals surface area contributed by atoms with Crippen LogP contribution in [0.5, 0.6) is 0 Å². The zero-order valence-corrected chi connectivity index (χ0v) is 8.14. The van der Waals surface area contributed by atoms with E-state index in [4.69, 9.17) is 5.11 Å². The van der Waals surface area contributed by atoms with Crippen LogP contribution < -0.4 is 0 Å². The van der Waals surface area contributed by atoms with Gasteiger partial charge in [0.05, 0.1) is 6.10 Å². The van der Waals surface area contributed by atoms with Crippen molar-refractivity contribution in [2.75, 3.05) is 13.7 Å². The Labute approximate surface area is 79.1 Å². The molecule has 1 rings (SSSR count). The van der Waals surface area contributed by atoms with Crippen LogP contribution in [0.1, 0.15) is 13.3 Å². The normalized spacial score (nSPS) is 19.3. The molecule has 0 amide bonds. The molecular formula is C10H16N2O. The molecule has 0 aromatic heterocycles. The summed E-state index contributed by atoms with van der Waals surface area (Å²) in [5.41, 5.74) is 1.08. The van der Waals surface area contributed by atoms with E-state index in [1.807, 2.05) is 36.5 Å². The van der Waals surface area contributed by atoms with Crippen molar-refractivity contribution in [3.05, 3.63) is 23.9 Å². The van der Waals surface area contributed by atoms with Gasteiger partial charge < -0.3 is 10.0 Å². The summed E-state index contributed by atoms with van der Waals surface area (Å²) in [6, 6.07) is 0. The molecule has 1 atom stereocenters. The number of hydrogen-bond acceptors (Lipinski definition) is 3. The summed E-state index contributed by atoms with van der Waals surface area (Å²) < 4.78 is 0. The average Bonchev–Trinajstić information content (AvgIpc) is 2.03. The Morgan fingerprint density at radius 2 is 2.54 bits per heavy atom. The molecule has 72 valence electrons. The molecular weight excluding hydrogens is 164 g/mol. The van der Waals surface area contributed by atoms with Gasteiger partial charge in [0.2, 0.25) is 0 Å². The van der Waals surface area contributed by atoms with Crippen LogP contribution in [0.4, 0.5) is 0 Å². The van der Waals surface area contributed by atoms with E-state index in [9.17, 15) is 0 Å². The summed E-state index contributed by atoms with van der Waals surface area (Å²) in [6.07, 6.45) is 8.24. The zero-order valence-electron chi connectivity index (χ0n) is 8.14. The minimum absolute atomic E-state index is 0.268. The molecule has 0 spiro atoms. The summed E-state index contributed by atoms with van der Waals surface area (Å²) in [4.78, 5) is 6.17. The highest BCUT2D eigenvalue weighted by molar-refractivity contribution is 5.82. The van der Waals surface area contributed by atoms with Gasteiger partial charge in [-0.3, -0.25) is 4.99 Å². The van der Waals surface area contributed by atoms with Gasteiger partial charge in [0, 0.05) is 25.0 Å². The van der Waals surface area contributed by atoms with Crippen molar-refractivity contribution in [3.63, 3.8) is 0 Å². The number of hydrogen-bond donors (Lipinski definition) is 1. The first-order valence-electron chi connectivity index (χ1n) is 4.45. The van der Waals surface area contributed by atoms with Gasteiger partial charge in [-0.2, -0.15) is 0 Å². The Kier molecular flexibility index (Phi) is 3.71. The maximum Gasteiger partial charge on any atom is 0.109 e. The van der Waals surface area contributed by atoms with E-state index in [2.05, 4.69) is 4.99 Å². The first-order valence-corrected chi connectivity index (χ1v) is 4.45. The molecule has 0 saturated heterocycles. The van der Waals surface area contributed by atoms with Gasteiger partial charge in [0.25, 0.3) is 0 Å². The van der Waals surface area contributed by atoms with Crippen LogP contribution in [-0.4, -0.2) is 36.0 Å². The lowest BCUT2D eigenvalue weighted by Gasteiger charge is -2.15. The van der Waals surface area contributed by atoms with Crippen molar-refractivity contribution in [1.29, 1.82) is 0 Å². The third-order valence-electron chi connectivity index (χ3n) is 1.70. The largest absolute Gasteiger partial charge is 0.393 e. The molecule has 0 aliphatic carbocycles. The summed E-state index contributed by atoms with van der Waals surface area (Å²) >= 11 is 0. The summed E-state index contributed by atoms with van der Waals surface area (Å²) in [6.45, 7) is 2.51. The number of aliphatic hydroxyl groups excluding tert-OH is 1. The fourth-order valence-electron chi connectivity index (χ4n) is 1.09. The minimum atomic E-state index is -0.268. The van der Waals surface area contributed by atoms with Crippen LogP contribution in [0, 0.1) is 0 Å². The first-order chi connectivity index (χ1) is 6.18. The molecule has 1 aliphatic rings. The quantitative estimate of drug-likeness (QED) is 0.707. The van der Waals surface area contributed by atoms with Crippen LogP contribution in [0.15, 0.2) is 28.9 Å². The molecule has 1 heterocycles. The average molecular weight is 180 g/mol. The van der Waals surface area contributed by atoms with Crippen LogP contribution in [-0.2, 0) is 0 Å². The predicted molar refractivity (Wildman–Crippen MR) is 54.6 cm³/mol. The van der Waals surface area contributed by atoms with Crippen LogP contribution >= 0.6 is 0 Å². The molecule has 1 unspecified atom stereocenters. The van der Waals surface area contributed by atoms with Gasteiger partial charge in [-0.05, 0) is 13.3 Å². The number of nitrogens with zero attached hydrogens (tertiary/aromatic N) is 2. The molecule has 0 saturated carbocycles. The van der Waals surface area contributed by atoms with Crippen molar-refractivity contribution < 1.29 is 5.11 Å². The second-order valence-electron chi connectivity index (χ2n) is 3.33. The molecule has 0 aromatic carbocycles. The van der Waals surface area contributed by atoms with E-state index >= 15 is 0 Å². The number of aliphatic hydroxyl groups is 1. The third-order valence-corrected chi connectivity index (χ3v) is 1.70. The highest BCUT2D eigenvalue weighted by atomic mass is 16.3. The molecule has 0 bridgehead atoms. The number of aliphatic imine (C=N–C) groups is 1. The van der Waals surface area contributed by atoms with Gasteiger partial charge in [-0.25, -0.2) is 0 Å². The Balaban J connectivity index is 2.44.